The van der Waals surface area contributed by atoms with Crippen LogP contribution in [0.5, 0.6) is 5.75 Å². The highest BCUT2D eigenvalue weighted by atomic mass is 16.5. The molecule has 1 amide bonds. The zero-order valence-corrected chi connectivity index (χ0v) is 11.1. The van der Waals surface area contributed by atoms with E-state index in [0.29, 0.717) is 29.5 Å². The van der Waals surface area contributed by atoms with Gasteiger partial charge in [0.05, 0.1) is 30.3 Å². The number of amides is 1. The highest BCUT2D eigenvalue weighted by molar-refractivity contribution is 5.94. The van der Waals surface area contributed by atoms with Crippen molar-refractivity contribution in [3.63, 3.8) is 0 Å². The van der Waals surface area contributed by atoms with Crippen molar-refractivity contribution in [3.05, 3.63) is 23.8 Å². The van der Waals surface area contributed by atoms with Gasteiger partial charge in [0.15, 0.2) is 0 Å². The first kappa shape index (κ1) is 13.4. The van der Waals surface area contributed by atoms with Gasteiger partial charge in [-0.3, -0.25) is 4.79 Å². The third-order valence-corrected chi connectivity index (χ3v) is 3.44. The van der Waals surface area contributed by atoms with Crippen molar-refractivity contribution < 1.29 is 9.53 Å². The maximum Gasteiger partial charge on any atom is 0.229 e. The zero-order chi connectivity index (χ0) is 13.8. The molecule has 0 radical (unpaired) electrons. The molecule has 1 aliphatic rings. The molecule has 0 aliphatic carbocycles. The Kier molecular flexibility index (Phi) is 4.03. The second kappa shape index (κ2) is 5.72. The Morgan fingerprint density at radius 2 is 2.32 bits per heavy atom. The summed E-state index contributed by atoms with van der Waals surface area (Å²) < 4.78 is 5.20. The molecular formula is C14H17N3O2. The number of hydrogen-bond donors (Lipinski definition) is 2. The molecule has 1 aromatic rings. The minimum absolute atomic E-state index is 0.0134. The Hall–Kier alpha value is -2.06. The van der Waals surface area contributed by atoms with E-state index in [0.717, 1.165) is 6.54 Å². The molecule has 2 rings (SSSR count). The Morgan fingerprint density at radius 1 is 1.53 bits per heavy atom. The van der Waals surface area contributed by atoms with E-state index < -0.39 is 0 Å². The van der Waals surface area contributed by atoms with Gasteiger partial charge < -0.3 is 15.4 Å². The van der Waals surface area contributed by atoms with Crippen LogP contribution in [0.1, 0.15) is 12.5 Å². The summed E-state index contributed by atoms with van der Waals surface area (Å²) in [4.78, 5) is 12.2. The van der Waals surface area contributed by atoms with E-state index in [4.69, 9.17) is 10.00 Å². The number of methoxy groups -OCH3 is 1. The molecule has 19 heavy (non-hydrogen) atoms. The number of benzene rings is 1. The lowest BCUT2D eigenvalue weighted by Crippen LogP contribution is -2.28. The quantitative estimate of drug-likeness (QED) is 0.859. The molecule has 5 heteroatoms. The van der Waals surface area contributed by atoms with Crippen molar-refractivity contribution in [1.82, 2.24) is 5.32 Å². The summed E-state index contributed by atoms with van der Waals surface area (Å²) >= 11 is 0. The van der Waals surface area contributed by atoms with Crippen molar-refractivity contribution in [2.45, 2.75) is 6.92 Å². The van der Waals surface area contributed by atoms with Gasteiger partial charge in [-0.2, -0.15) is 5.26 Å². The second-order valence-corrected chi connectivity index (χ2v) is 4.76. The monoisotopic (exact) mass is 259 g/mol. The van der Waals surface area contributed by atoms with Crippen LogP contribution in [0.2, 0.25) is 0 Å². The molecule has 1 aromatic carbocycles. The number of nitrogens with zero attached hydrogens (tertiary/aromatic N) is 1. The summed E-state index contributed by atoms with van der Waals surface area (Å²) in [7, 11) is 1.52. The van der Waals surface area contributed by atoms with Crippen LogP contribution >= 0.6 is 0 Å². The lowest BCUT2D eigenvalue weighted by atomic mass is 9.97. The zero-order valence-electron chi connectivity index (χ0n) is 11.1. The average Bonchev–Trinajstić information content (AvgIpc) is 2.85. The molecule has 100 valence electrons. The molecule has 2 unspecified atom stereocenters. The van der Waals surface area contributed by atoms with Crippen LogP contribution in [0, 0.1) is 23.2 Å². The average molecular weight is 259 g/mol. The SMILES string of the molecule is COc1cc(C#N)ccc1NC(=O)C1CNCC1C. The van der Waals surface area contributed by atoms with Crippen molar-refractivity contribution in [1.29, 1.82) is 5.26 Å². The van der Waals surface area contributed by atoms with Gasteiger partial charge in [-0.1, -0.05) is 6.92 Å². The molecule has 1 fully saturated rings. The number of rotatable bonds is 3. The van der Waals surface area contributed by atoms with E-state index in [1.54, 1.807) is 18.2 Å². The molecule has 1 heterocycles. The van der Waals surface area contributed by atoms with Crippen LogP contribution in [0.3, 0.4) is 0 Å². The van der Waals surface area contributed by atoms with Gasteiger partial charge in [-0.05, 0) is 24.6 Å². The second-order valence-electron chi connectivity index (χ2n) is 4.76. The Bertz CT molecular complexity index is 522. The number of ether oxygens (including phenoxy) is 1. The van der Waals surface area contributed by atoms with Crippen molar-refractivity contribution in [3.8, 4) is 11.8 Å². The molecule has 2 N–H and O–H groups in total. The highest BCUT2D eigenvalue weighted by Gasteiger charge is 2.29. The third-order valence-electron chi connectivity index (χ3n) is 3.44. The van der Waals surface area contributed by atoms with Crippen LogP contribution in [0.25, 0.3) is 0 Å². The minimum Gasteiger partial charge on any atom is -0.495 e. The van der Waals surface area contributed by atoms with Gasteiger partial charge >= 0.3 is 0 Å². The first-order valence-corrected chi connectivity index (χ1v) is 6.25. The summed E-state index contributed by atoms with van der Waals surface area (Å²) in [5.74, 6) is 0.788. The standard InChI is InChI=1S/C14H17N3O2/c1-9-7-16-8-11(9)14(18)17-12-4-3-10(6-15)5-13(12)19-2/h3-5,9,11,16H,7-8H2,1-2H3,(H,17,18). The number of anilines is 1. The van der Waals surface area contributed by atoms with Crippen LogP contribution in [0.4, 0.5) is 5.69 Å². The number of nitrogens with one attached hydrogen (secondary N) is 2. The minimum atomic E-state index is -0.0275. The Morgan fingerprint density at radius 3 is 2.89 bits per heavy atom. The number of carbonyl (C=O) groups excluding carboxylic acids is 1. The van der Waals surface area contributed by atoms with Gasteiger partial charge in [-0.25, -0.2) is 0 Å². The highest BCUT2D eigenvalue weighted by Crippen LogP contribution is 2.27. The topological polar surface area (TPSA) is 74.1 Å². The van der Waals surface area contributed by atoms with E-state index >= 15 is 0 Å². The van der Waals surface area contributed by atoms with E-state index in [1.807, 2.05) is 6.07 Å². The Labute approximate surface area is 112 Å². The molecular weight excluding hydrogens is 242 g/mol. The van der Waals surface area contributed by atoms with Crippen molar-refractivity contribution in [2.24, 2.45) is 11.8 Å². The van der Waals surface area contributed by atoms with Gasteiger partial charge in [0.25, 0.3) is 0 Å². The molecule has 2 atom stereocenters. The van der Waals surface area contributed by atoms with E-state index in [9.17, 15) is 4.79 Å². The fourth-order valence-electron chi connectivity index (χ4n) is 2.25. The Balaban J connectivity index is 2.14. The first-order chi connectivity index (χ1) is 9.15. The van der Waals surface area contributed by atoms with Crippen molar-refractivity contribution >= 4 is 11.6 Å². The van der Waals surface area contributed by atoms with Crippen LogP contribution < -0.4 is 15.4 Å². The molecule has 0 bridgehead atoms. The summed E-state index contributed by atoms with van der Waals surface area (Å²) in [6, 6.07) is 7.02. The number of carbonyl (C=O) groups is 1. The maximum absolute atomic E-state index is 12.2. The number of hydrogen-bond acceptors (Lipinski definition) is 4. The molecule has 5 nitrogen and oxygen atoms in total. The summed E-state index contributed by atoms with van der Waals surface area (Å²) in [5, 5.41) is 14.9. The van der Waals surface area contributed by atoms with E-state index in [2.05, 4.69) is 17.6 Å². The predicted octanol–water partition coefficient (Wildman–Crippen LogP) is 1.36. The van der Waals surface area contributed by atoms with E-state index in [1.165, 1.54) is 7.11 Å². The van der Waals surface area contributed by atoms with Crippen molar-refractivity contribution in [2.75, 3.05) is 25.5 Å². The van der Waals surface area contributed by atoms with Gasteiger partial charge in [0, 0.05) is 12.6 Å². The molecule has 1 aliphatic heterocycles. The van der Waals surface area contributed by atoms with Gasteiger partial charge in [0.1, 0.15) is 5.75 Å². The summed E-state index contributed by atoms with van der Waals surface area (Å²) in [6.07, 6.45) is 0. The lowest BCUT2D eigenvalue weighted by molar-refractivity contribution is -0.120. The fraction of sp³-hybridized carbons (Fsp3) is 0.429. The largest absolute Gasteiger partial charge is 0.495 e. The normalized spacial score (nSPS) is 21.7. The maximum atomic E-state index is 12.2. The smallest absolute Gasteiger partial charge is 0.229 e. The lowest BCUT2D eigenvalue weighted by Gasteiger charge is -2.16. The van der Waals surface area contributed by atoms with Gasteiger partial charge in [0.2, 0.25) is 5.91 Å². The molecule has 1 saturated heterocycles. The van der Waals surface area contributed by atoms with E-state index in [-0.39, 0.29) is 11.8 Å². The van der Waals surface area contributed by atoms with Crippen LogP contribution in [-0.2, 0) is 4.79 Å². The number of nitriles is 1. The van der Waals surface area contributed by atoms with Crippen LogP contribution in [0.15, 0.2) is 18.2 Å². The molecule has 0 saturated carbocycles. The molecule has 0 aromatic heterocycles. The summed E-state index contributed by atoms with van der Waals surface area (Å²) in [5.41, 5.74) is 1.11. The third kappa shape index (κ3) is 2.85. The predicted molar refractivity (Wildman–Crippen MR) is 71.9 cm³/mol. The first-order valence-electron chi connectivity index (χ1n) is 6.25. The van der Waals surface area contributed by atoms with Gasteiger partial charge in [-0.15, -0.1) is 0 Å². The molecule has 0 spiro atoms. The van der Waals surface area contributed by atoms with Crippen LogP contribution in [-0.4, -0.2) is 26.1 Å². The summed E-state index contributed by atoms with van der Waals surface area (Å²) in [6.45, 7) is 3.62. The fourth-order valence-corrected chi connectivity index (χ4v) is 2.25.